The summed E-state index contributed by atoms with van der Waals surface area (Å²) < 4.78 is 25.4. The zero-order valence-corrected chi connectivity index (χ0v) is 12.5. The number of nitrogens with zero attached hydrogens (tertiary/aromatic N) is 3. The Kier molecular flexibility index (Phi) is 2.84. The molecule has 5 nitrogen and oxygen atoms in total. The molecule has 22 heavy (non-hydrogen) atoms. The quantitative estimate of drug-likeness (QED) is 0.776. The van der Waals surface area contributed by atoms with Crippen molar-refractivity contribution in [3.05, 3.63) is 47.6 Å². The first-order valence-corrected chi connectivity index (χ1v) is 7.43. The third kappa shape index (κ3) is 2.28. The fourth-order valence-corrected chi connectivity index (χ4v) is 2.89. The van der Waals surface area contributed by atoms with Crippen molar-refractivity contribution in [3.63, 3.8) is 0 Å². The van der Waals surface area contributed by atoms with Crippen molar-refractivity contribution in [2.24, 2.45) is 0 Å². The van der Waals surface area contributed by atoms with Crippen LogP contribution < -0.4 is 0 Å². The fraction of sp³-hybridized carbons (Fsp3) is 0.188. The van der Waals surface area contributed by atoms with Crippen molar-refractivity contribution in [3.8, 4) is 11.4 Å². The first-order chi connectivity index (χ1) is 12.8. The highest BCUT2D eigenvalue weighted by Crippen LogP contribution is 2.36. The van der Waals surface area contributed by atoms with Gasteiger partial charge in [0.15, 0.2) is 5.82 Å². The molecule has 1 aliphatic rings. The minimum atomic E-state index is 0.196. The Morgan fingerprint density at radius 1 is 1.27 bits per heavy atom. The zero-order chi connectivity index (χ0) is 18.9. The normalized spacial score (nSPS) is 15.8. The zero-order valence-electron chi connectivity index (χ0n) is 15.7. The maximum absolute atomic E-state index is 5.94. The number of ether oxygens (including phenoxy) is 1. The third-order valence-corrected chi connectivity index (χ3v) is 3.94. The van der Waals surface area contributed by atoms with E-state index in [4.69, 9.17) is 22.3 Å². The average molecular weight is 321 g/mol. The molecular weight excluding hydrogens is 300 g/mol. The first kappa shape index (κ1) is 11.3. The van der Waals surface area contributed by atoms with E-state index in [9.17, 15) is 0 Å². The van der Waals surface area contributed by atoms with Gasteiger partial charge in [-0.1, -0.05) is 24.3 Å². The van der Waals surface area contributed by atoms with Gasteiger partial charge in [0.05, 0.1) is 24.5 Å². The summed E-state index contributed by atoms with van der Waals surface area (Å²) in [6.07, 6.45) is 4.40. The van der Waals surface area contributed by atoms with Crippen molar-refractivity contribution in [1.82, 2.24) is 19.9 Å². The summed E-state index contributed by atoms with van der Waals surface area (Å²) in [5.74, 6) is 0.583. The van der Waals surface area contributed by atoms with E-state index in [1.165, 1.54) is 11.9 Å². The Bertz CT molecular complexity index is 888. The van der Waals surface area contributed by atoms with E-state index in [1.54, 1.807) is 0 Å². The molecule has 3 heterocycles. The smallest absolute Gasteiger partial charge is 0.225 e. The summed E-state index contributed by atoms with van der Waals surface area (Å²) in [4.78, 5) is 15.9. The predicted molar refractivity (Wildman–Crippen MR) is 89.8 cm³/mol. The summed E-state index contributed by atoms with van der Waals surface area (Å²) >= 11 is 5.94. The van der Waals surface area contributed by atoms with Crippen LogP contribution in [0, 0.1) is 0 Å². The highest BCUT2D eigenvalue weighted by Gasteiger charge is 2.19. The molecule has 0 fully saturated rings. The summed E-state index contributed by atoms with van der Waals surface area (Å²) in [5, 5.41) is 1.27. The molecule has 114 valence electrons. The van der Waals surface area contributed by atoms with E-state index in [0.717, 1.165) is 35.2 Å². The Balaban J connectivity index is 0.000000570. The van der Waals surface area contributed by atoms with Gasteiger partial charge in [-0.3, -0.25) is 0 Å². The second kappa shape index (κ2) is 5.51. The van der Waals surface area contributed by atoms with E-state index < -0.39 is 0 Å². The average Bonchev–Trinajstić information content (AvgIpc) is 3.11. The highest BCUT2D eigenvalue weighted by molar-refractivity contribution is 6.28. The van der Waals surface area contributed by atoms with E-state index in [0.29, 0.717) is 12.4 Å². The fourth-order valence-electron chi connectivity index (χ4n) is 2.77. The van der Waals surface area contributed by atoms with Crippen LogP contribution in [0.3, 0.4) is 0 Å². The lowest BCUT2D eigenvalue weighted by molar-refractivity contribution is 0.161. The van der Waals surface area contributed by atoms with Gasteiger partial charge < -0.3 is 9.72 Å². The number of rotatable bonds is 2. The molecule has 0 atom stereocenters. The summed E-state index contributed by atoms with van der Waals surface area (Å²) in [6.45, 7) is 1.35. The van der Waals surface area contributed by atoms with E-state index in [2.05, 4.69) is 32.1 Å². The van der Waals surface area contributed by atoms with Crippen LogP contribution in [0.15, 0.2) is 36.7 Å². The molecule has 0 saturated heterocycles. The van der Waals surface area contributed by atoms with Gasteiger partial charge in [-0.25, -0.2) is 9.97 Å². The molecule has 1 aromatic carbocycles. The SMILES string of the molecule is Clc1ncnc(-c2c(C3=CCOCC3)[nH]c3ccccc23)n1.[2H][2H].[2H][2H]. The predicted octanol–water partition coefficient (Wildman–Crippen LogP) is 3.97. The number of fused-ring (bicyclic) bond motifs is 1. The number of nitrogens with one attached hydrogen (secondary N) is 1. The Hall–Kier alpha value is -2.24. The van der Waals surface area contributed by atoms with Crippen molar-refractivity contribution >= 4 is 28.1 Å². The molecule has 0 radical (unpaired) electrons. The van der Waals surface area contributed by atoms with E-state index in [-0.39, 0.29) is 5.28 Å². The van der Waals surface area contributed by atoms with Crippen molar-refractivity contribution in [2.45, 2.75) is 6.42 Å². The van der Waals surface area contributed by atoms with Crippen LogP contribution in [0.1, 0.15) is 18.1 Å². The number of halogens is 1. The monoisotopic (exact) mass is 320 g/mol. The van der Waals surface area contributed by atoms with Crippen molar-refractivity contribution < 1.29 is 10.7 Å². The second-order valence-corrected chi connectivity index (χ2v) is 5.39. The Morgan fingerprint density at radius 2 is 2.18 bits per heavy atom. The maximum Gasteiger partial charge on any atom is 0.225 e. The number of aromatic nitrogens is 4. The van der Waals surface area contributed by atoms with E-state index in [1.807, 2.05) is 18.2 Å². The lowest BCUT2D eigenvalue weighted by Gasteiger charge is -2.13. The van der Waals surface area contributed by atoms with Gasteiger partial charge in [-0.05, 0) is 29.7 Å². The molecule has 0 unspecified atom stereocenters. The third-order valence-electron chi connectivity index (χ3n) is 3.76. The number of aromatic amines is 1. The molecule has 2 aromatic heterocycles. The number of H-pyrrole nitrogens is 1. The van der Waals surface area contributed by atoms with Gasteiger partial charge in [0.2, 0.25) is 5.28 Å². The lowest BCUT2D eigenvalue weighted by Crippen LogP contribution is -2.05. The standard InChI is InChI=1S/C16H13ClN4O.2H2/c17-16-19-9-18-15(21-16)13-11-3-1-2-4-12(11)20-14(13)10-5-7-22-8-6-10;;/h1-5,9,20H,6-8H2;2*1H/i;2*1+1D. The highest BCUT2D eigenvalue weighted by atomic mass is 35.5. The maximum atomic E-state index is 5.94. The summed E-state index contributed by atoms with van der Waals surface area (Å²) in [6, 6.07) is 8.11. The molecule has 4 rings (SSSR count). The van der Waals surface area contributed by atoms with Crippen LogP contribution >= 0.6 is 11.6 Å². The Labute approximate surface area is 138 Å². The molecular formula is C16H17ClN4O. The number of hydrogen-bond donors (Lipinski definition) is 1. The van der Waals surface area contributed by atoms with Crippen molar-refractivity contribution in [2.75, 3.05) is 13.2 Å². The molecule has 0 amide bonds. The molecule has 0 aliphatic carbocycles. The van der Waals surface area contributed by atoms with Gasteiger partial charge in [0, 0.05) is 16.8 Å². The van der Waals surface area contributed by atoms with Crippen LogP contribution in [0.5, 0.6) is 0 Å². The van der Waals surface area contributed by atoms with Crippen LogP contribution in [0.2, 0.25) is 5.28 Å². The van der Waals surface area contributed by atoms with Gasteiger partial charge >= 0.3 is 0 Å². The number of benzene rings is 1. The lowest BCUT2D eigenvalue weighted by atomic mass is 10.0. The van der Waals surface area contributed by atoms with Crippen LogP contribution in [0.25, 0.3) is 27.9 Å². The number of para-hydroxylation sites is 1. The van der Waals surface area contributed by atoms with Gasteiger partial charge in [-0.15, -0.1) is 0 Å². The van der Waals surface area contributed by atoms with E-state index >= 15 is 0 Å². The summed E-state index contributed by atoms with van der Waals surface area (Å²) in [7, 11) is 0. The molecule has 0 saturated carbocycles. The van der Waals surface area contributed by atoms with Gasteiger partial charge in [0.1, 0.15) is 6.33 Å². The van der Waals surface area contributed by atoms with Gasteiger partial charge in [0.25, 0.3) is 0 Å². The minimum Gasteiger partial charge on any atom is -0.377 e. The number of hydrogen-bond acceptors (Lipinski definition) is 4. The Morgan fingerprint density at radius 3 is 3.00 bits per heavy atom. The first-order valence-electron chi connectivity index (χ1n) is 9.05. The molecule has 1 aliphatic heterocycles. The molecule has 3 aromatic rings. The molecule has 0 spiro atoms. The topological polar surface area (TPSA) is 63.7 Å². The molecule has 6 heteroatoms. The summed E-state index contributed by atoms with van der Waals surface area (Å²) in [5.41, 5.74) is 4.27. The van der Waals surface area contributed by atoms with Crippen molar-refractivity contribution in [1.29, 1.82) is 0 Å². The minimum absolute atomic E-state index is 0.196. The van der Waals surface area contributed by atoms with Crippen LogP contribution in [-0.4, -0.2) is 33.1 Å². The van der Waals surface area contributed by atoms with Gasteiger partial charge in [-0.2, -0.15) is 4.98 Å². The molecule has 1 N–H and O–H groups in total. The molecule has 0 bridgehead atoms. The second-order valence-electron chi connectivity index (χ2n) is 5.05. The van der Waals surface area contributed by atoms with Crippen LogP contribution in [0.4, 0.5) is 0 Å². The van der Waals surface area contributed by atoms with Crippen LogP contribution in [-0.2, 0) is 4.74 Å². The largest absolute Gasteiger partial charge is 0.377 e.